The molecule has 4 heteroatoms. The van der Waals surface area contributed by atoms with E-state index in [1.807, 2.05) is 32.6 Å². The molecule has 0 radical (unpaired) electrons. The average Bonchev–Trinajstić information content (AvgIpc) is 2.51. The van der Waals surface area contributed by atoms with Crippen LogP contribution in [0.3, 0.4) is 0 Å². The number of nitrogens with zero attached hydrogens (tertiary/aromatic N) is 1. The molecule has 0 saturated carbocycles. The van der Waals surface area contributed by atoms with Crippen molar-refractivity contribution in [1.82, 2.24) is 4.90 Å². The first-order valence-electron chi connectivity index (χ1n) is 6.49. The molecule has 2 aliphatic rings. The van der Waals surface area contributed by atoms with Crippen LogP contribution in [0.2, 0.25) is 0 Å². The van der Waals surface area contributed by atoms with Crippen LogP contribution in [-0.4, -0.2) is 39.9 Å². The van der Waals surface area contributed by atoms with E-state index in [-0.39, 0.29) is 30.2 Å². The quantitative estimate of drug-likeness (QED) is 0.707. The summed E-state index contributed by atoms with van der Waals surface area (Å²) >= 11 is 0. The molecule has 1 amide bonds. The molecule has 0 aromatic heterocycles. The van der Waals surface area contributed by atoms with Crippen LogP contribution in [0.5, 0.6) is 0 Å². The minimum Gasteiger partial charge on any atom is -0.444 e. The fourth-order valence-corrected chi connectivity index (χ4v) is 3.01. The molecule has 0 aliphatic carbocycles. The molecule has 2 rings (SSSR count). The van der Waals surface area contributed by atoms with E-state index in [0.717, 1.165) is 12.8 Å². The van der Waals surface area contributed by atoms with Gasteiger partial charge >= 0.3 is 6.09 Å². The molecule has 2 saturated heterocycles. The second-order valence-corrected chi connectivity index (χ2v) is 6.35. The molecule has 1 unspecified atom stereocenters. The van der Waals surface area contributed by atoms with Crippen LogP contribution in [0, 0.1) is 5.92 Å². The number of aliphatic hydroxyl groups excluding tert-OH is 1. The number of hydrogen-bond acceptors (Lipinski definition) is 3. The van der Waals surface area contributed by atoms with E-state index in [4.69, 9.17) is 4.74 Å². The molecule has 1 N–H and O–H groups in total. The van der Waals surface area contributed by atoms with E-state index < -0.39 is 5.60 Å². The maximum absolute atomic E-state index is 12.1. The normalized spacial score (nSPS) is 37.1. The molecule has 0 aromatic rings. The predicted octanol–water partition coefficient (Wildman–Crippen LogP) is 2.16. The monoisotopic (exact) mass is 241 g/mol. The van der Waals surface area contributed by atoms with Crippen LogP contribution in [0.25, 0.3) is 0 Å². The van der Waals surface area contributed by atoms with E-state index in [0.29, 0.717) is 6.42 Å². The summed E-state index contributed by atoms with van der Waals surface area (Å²) in [5.41, 5.74) is -0.449. The standard InChI is InChI=1S/C13H23NO3/c1-8-10-6-5-9(7-11(8)15)14(10)12(16)17-13(2,3)4/h8-11,15H,5-7H2,1-4H3/t8-,9+,10-,11?/m1/s1. The molecule has 2 aliphatic heterocycles. The van der Waals surface area contributed by atoms with Crippen molar-refractivity contribution in [1.29, 1.82) is 0 Å². The molecular formula is C13H23NO3. The SMILES string of the molecule is C[C@H]1C(O)C[C@@H]2CC[C@H]1N2C(=O)OC(C)(C)C. The van der Waals surface area contributed by atoms with Crippen LogP contribution < -0.4 is 0 Å². The van der Waals surface area contributed by atoms with E-state index in [2.05, 4.69) is 0 Å². The first-order chi connectivity index (χ1) is 7.79. The van der Waals surface area contributed by atoms with Crippen molar-refractivity contribution in [3.05, 3.63) is 0 Å². The predicted molar refractivity (Wildman–Crippen MR) is 64.7 cm³/mol. The highest BCUT2D eigenvalue weighted by atomic mass is 16.6. The minimum absolute atomic E-state index is 0.151. The summed E-state index contributed by atoms with van der Waals surface area (Å²) in [5.74, 6) is 0.154. The van der Waals surface area contributed by atoms with Crippen molar-refractivity contribution < 1.29 is 14.6 Å². The van der Waals surface area contributed by atoms with Gasteiger partial charge in [0.2, 0.25) is 0 Å². The van der Waals surface area contributed by atoms with Crippen molar-refractivity contribution in [3.8, 4) is 0 Å². The van der Waals surface area contributed by atoms with Gasteiger partial charge < -0.3 is 14.7 Å². The van der Waals surface area contributed by atoms with Crippen molar-refractivity contribution in [2.75, 3.05) is 0 Å². The molecule has 4 atom stereocenters. The summed E-state index contributed by atoms with van der Waals surface area (Å²) in [6.07, 6.45) is 2.18. The van der Waals surface area contributed by atoms with Crippen molar-refractivity contribution >= 4 is 6.09 Å². The first-order valence-corrected chi connectivity index (χ1v) is 6.49. The van der Waals surface area contributed by atoms with Crippen LogP contribution >= 0.6 is 0 Å². The van der Waals surface area contributed by atoms with E-state index in [9.17, 15) is 9.90 Å². The maximum Gasteiger partial charge on any atom is 0.410 e. The fourth-order valence-electron chi connectivity index (χ4n) is 3.01. The third-order valence-electron chi connectivity index (χ3n) is 3.88. The molecule has 2 bridgehead atoms. The van der Waals surface area contributed by atoms with Gasteiger partial charge in [-0.1, -0.05) is 6.92 Å². The molecule has 4 nitrogen and oxygen atoms in total. The summed E-state index contributed by atoms with van der Waals surface area (Å²) < 4.78 is 5.45. The largest absolute Gasteiger partial charge is 0.444 e. The Hall–Kier alpha value is -0.770. The number of piperidine rings is 1. The van der Waals surface area contributed by atoms with Crippen LogP contribution in [0.15, 0.2) is 0 Å². The second kappa shape index (κ2) is 4.16. The van der Waals surface area contributed by atoms with Gasteiger partial charge in [0.25, 0.3) is 0 Å². The van der Waals surface area contributed by atoms with Crippen LogP contribution in [0.4, 0.5) is 4.79 Å². The Labute approximate surface area is 103 Å². The number of hydrogen-bond donors (Lipinski definition) is 1. The lowest BCUT2D eigenvalue weighted by Gasteiger charge is -2.41. The van der Waals surface area contributed by atoms with Gasteiger partial charge in [0.1, 0.15) is 5.60 Å². The molecule has 0 aromatic carbocycles. The Morgan fingerprint density at radius 3 is 2.59 bits per heavy atom. The Morgan fingerprint density at radius 2 is 2.00 bits per heavy atom. The second-order valence-electron chi connectivity index (χ2n) is 6.35. The molecular weight excluding hydrogens is 218 g/mol. The average molecular weight is 241 g/mol. The Morgan fingerprint density at radius 1 is 1.35 bits per heavy atom. The molecule has 2 fully saturated rings. The molecule has 17 heavy (non-hydrogen) atoms. The number of rotatable bonds is 0. The Bertz CT molecular complexity index is 310. The van der Waals surface area contributed by atoms with Crippen LogP contribution in [-0.2, 0) is 4.74 Å². The zero-order chi connectivity index (χ0) is 12.8. The zero-order valence-electron chi connectivity index (χ0n) is 11.1. The third kappa shape index (κ3) is 2.41. The lowest BCUT2D eigenvalue weighted by molar-refractivity contribution is -0.0331. The minimum atomic E-state index is -0.449. The van der Waals surface area contributed by atoms with E-state index >= 15 is 0 Å². The van der Waals surface area contributed by atoms with E-state index in [1.165, 1.54) is 0 Å². The highest BCUT2D eigenvalue weighted by molar-refractivity contribution is 5.69. The summed E-state index contributed by atoms with van der Waals surface area (Å²) in [7, 11) is 0. The lowest BCUT2D eigenvalue weighted by atomic mass is 9.89. The van der Waals surface area contributed by atoms with Gasteiger partial charge in [-0.2, -0.15) is 0 Å². The van der Waals surface area contributed by atoms with Gasteiger partial charge in [-0.3, -0.25) is 0 Å². The fraction of sp³-hybridized carbons (Fsp3) is 0.923. The smallest absolute Gasteiger partial charge is 0.410 e. The lowest BCUT2D eigenvalue weighted by Crippen LogP contribution is -2.53. The molecule has 2 heterocycles. The number of aliphatic hydroxyl groups is 1. The van der Waals surface area contributed by atoms with Gasteiger partial charge in [-0.25, -0.2) is 4.79 Å². The molecule has 0 spiro atoms. The number of carbonyl (C=O) groups is 1. The van der Waals surface area contributed by atoms with Crippen molar-refractivity contribution in [2.45, 2.75) is 70.7 Å². The maximum atomic E-state index is 12.1. The number of ether oxygens (including phenoxy) is 1. The summed E-state index contributed by atoms with van der Waals surface area (Å²) in [5, 5.41) is 9.91. The van der Waals surface area contributed by atoms with Crippen LogP contribution in [0.1, 0.15) is 47.0 Å². The van der Waals surface area contributed by atoms with Gasteiger partial charge in [-0.15, -0.1) is 0 Å². The summed E-state index contributed by atoms with van der Waals surface area (Å²) in [6.45, 7) is 7.67. The first kappa shape index (κ1) is 12.7. The van der Waals surface area contributed by atoms with Gasteiger partial charge in [0.15, 0.2) is 0 Å². The van der Waals surface area contributed by atoms with E-state index in [1.54, 1.807) is 0 Å². The zero-order valence-corrected chi connectivity index (χ0v) is 11.1. The topological polar surface area (TPSA) is 49.8 Å². The Kier molecular flexibility index (Phi) is 3.10. The van der Waals surface area contributed by atoms with Gasteiger partial charge in [0, 0.05) is 18.0 Å². The number of fused-ring (bicyclic) bond motifs is 2. The van der Waals surface area contributed by atoms with Gasteiger partial charge in [-0.05, 0) is 40.0 Å². The summed E-state index contributed by atoms with van der Waals surface area (Å²) in [4.78, 5) is 14.0. The van der Waals surface area contributed by atoms with Crippen molar-refractivity contribution in [2.24, 2.45) is 5.92 Å². The van der Waals surface area contributed by atoms with Crippen molar-refractivity contribution in [3.63, 3.8) is 0 Å². The third-order valence-corrected chi connectivity index (χ3v) is 3.88. The highest BCUT2D eigenvalue weighted by Crippen LogP contribution is 2.39. The summed E-state index contributed by atoms with van der Waals surface area (Å²) in [6, 6.07) is 0.319. The number of carbonyl (C=O) groups excluding carboxylic acids is 1. The highest BCUT2D eigenvalue weighted by Gasteiger charge is 2.48. The molecule has 98 valence electrons. The van der Waals surface area contributed by atoms with Gasteiger partial charge in [0.05, 0.1) is 6.10 Å². The Balaban J connectivity index is 2.10. The number of amides is 1.